The smallest absolute Gasteiger partial charge is 0.256 e. The molecule has 0 bridgehead atoms. The van der Waals surface area contributed by atoms with Gasteiger partial charge in [-0.05, 0) is 61.6 Å². The molecule has 0 spiro atoms. The van der Waals surface area contributed by atoms with Crippen LogP contribution in [0.15, 0.2) is 60.7 Å². The second-order valence-electron chi connectivity index (χ2n) is 9.97. The number of hydrogen-bond donors (Lipinski definition) is 1. The maximum Gasteiger partial charge on any atom is 0.256 e. The summed E-state index contributed by atoms with van der Waals surface area (Å²) in [5.41, 5.74) is 6.22. The molecule has 7 nitrogen and oxygen atoms in total. The number of benzene rings is 2. The van der Waals surface area contributed by atoms with E-state index in [0.29, 0.717) is 37.3 Å². The summed E-state index contributed by atoms with van der Waals surface area (Å²) >= 11 is 0. The second kappa shape index (κ2) is 10.5. The quantitative estimate of drug-likeness (QED) is 0.579. The van der Waals surface area contributed by atoms with Crippen molar-refractivity contribution >= 4 is 17.7 Å². The molecule has 1 aromatic heterocycles. The van der Waals surface area contributed by atoms with Gasteiger partial charge in [0.25, 0.3) is 11.8 Å². The Kier molecular flexibility index (Phi) is 7.04. The normalized spacial score (nSPS) is 15.4. The minimum absolute atomic E-state index is 0.0103. The third-order valence-corrected chi connectivity index (χ3v) is 7.45. The fourth-order valence-electron chi connectivity index (χ4n) is 5.31. The van der Waals surface area contributed by atoms with Gasteiger partial charge in [0.15, 0.2) is 0 Å². The Bertz CT molecular complexity index is 1320. The zero-order valence-electron chi connectivity index (χ0n) is 21.4. The number of aryl methyl sites for hydroxylation is 2. The number of carbonyl (C=O) groups is 3. The van der Waals surface area contributed by atoms with Gasteiger partial charge in [-0.3, -0.25) is 19.4 Å². The Morgan fingerprint density at radius 1 is 0.838 bits per heavy atom. The lowest BCUT2D eigenvalue weighted by atomic mass is 9.89. The maximum absolute atomic E-state index is 13.5. The average molecular weight is 497 g/mol. The van der Waals surface area contributed by atoms with Crippen molar-refractivity contribution < 1.29 is 14.4 Å². The molecule has 5 rings (SSSR count). The summed E-state index contributed by atoms with van der Waals surface area (Å²) in [5, 5.41) is 2.76. The first kappa shape index (κ1) is 24.7. The molecule has 0 aliphatic carbocycles. The summed E-state index contributed by atoms with van der Waals surface area (Å²) in [5.74, 6) is -0.216. The van der Waals surface area contributed by atoms with Crippen molar-refractivity contribution in [1.29, 1.82) is 0 Å². The first-order chi connectivity index (χ1) is 17.9. The van der Waals surface area contributed by atoms with E-state index in [1.165, 1.54) is 11.1 Å². The Balaban J connectivity index is 1.21. The van der Waals surface area contributed by atoms with Crippen molar-refractivity contribution in [3.8, 4) is 0 Å². The van der Waals surface area contributed by atoms with Gasteiger partial charge in [0.2, 0.25) is 5.91 Å². The number of carbonyl (C=O) groups excluding carboxylic acids is 3. The molecule has 1 N–H and O–H groups in total. The van der Waals surface area contributed by atoms with Crippen LogP contribution in [0, 0.1) is 13.8 Å². The highest BCUT2D eigenvalue weighted by Gasteiger charge is 2.31. The number of amides is 3. The van der Waals surface area contributed by atoms with Gasteiger partial charge < -0.3 is 15.1 Å². The van der Waals surface area contributed by atoms with Gasteiger partial charge in [-0.2, -0.15) is 0 Å². The van der Waals surface area contributed by atoms with Crippen molar-refractivity contribution in [3.63, 3.8) is 0 Å². The molecule has 0 unspecified atom stereocenters. The van der Waals surface area contributed by atoms with E-state index in [2.05, 4.69) is 17.4 Å². The van der Waals surface area contributed by atoms with E-state index < -0.39 is 0 Å². The number of aromatic nitrogens is 1. The highest BCUT2D eigenvalue weighted by Crippen LogP contribution is 2.32. The number of piperidine rings is 1. The Morgan fingerprint density at radius 2 is 1.49 bits per heavy atom. The van der Waals surface area contributed by atoms with Crippen molar-refractivity contribution in [2.45, 2.75) is 45.7 Å². The predicted molar refractivity (Wildman–Crippen MR) is 141 cm³/mol. The zero-order valence-corrected chi connectivity index (χ0v) is 21.4. The van der Waals surface area contributed by atoms with Gasteiger partial charge in [0, 0.05) is 43.4 Å². The largest absolute Gasteiger partial charge is 0.343 e. The van der Waals surface area contributed by atoms with Crippen LogP contribution >= 0.6 is 0 Å². The molecule has 2 aromatic carbocycles. The average Bonchev–Trinajstić information content (AvgIpc) is 3.36. The third-order valence-electron chi connectivity index (χ3n) is 7.45. The fraction of sp³-hybridized carbons (Fsp3) is 0.333. The molecule has 3 heterocycles. The molecule has 3 aromatic rings. The van der Waals surface area contributed by atoms with Crippen molar-refractivity contribution in [3.05, 3.63) is 99.9 Å². The second-order valence-corrected chi connectivity index (χ2v) is 9.97. The SMILES string of the molecule is Cc1ccc(C(=O)N2Cc3ccccc3C2)c(C2CCN(C(=O)CNC(=O)c3ccccc3C)CC2)n1. The molecule has 1 fully saturated rings. The van der Waals surface area contributed by atoms with E-state index in [1.807, 2.05) is 61.2 Å². The summed E-state index contributed by atoms with van der Waals surface area (Å²) in [6, 6.07) is 19.3. The third kappa shape index (κ3) is 5.26. The minimum Gasteiger partial charge on any atom is -0.343 e. The molecule has 7 heteroatoms. The summed E-state index contributed by atoms with van der Waals surface area (Å²) in [6.07, 6.45) is 1.46. The van der Waals surface area contributed by atoms with Crippen LogP contribution in [0.25, 0.3) is 0 Å². The number of pyridine rings is 1. The number of nitrogens with one attached hydrogen (secondary N) is 1. The van der Waals surface area contributed by atoms with Crippen LogP contribution in [-0.4, -0.2) is 52.1 Å². The summed E-state index contributed by atoms with van der Waals surface area (Å²) in [4.78, 5) is 47.3. The van der Waals surface area contributed by atoms with E-state index >= 15 is 0 Å². The molecule has 3 amide bonds. The highest BCUT2D eigenvalue weighted by molar-refractivity contribution is 5.97. The van der Waals surface area contributed by atoms with Gasteiger partial charge in [0.1, 0.15) is 0 Å². The van der Waals surface area contributed by atoms with E-state index in [4.69, 9.17) is 4.98 Å². The molecule has 2 aliphatic heterocycles. The van der Waals surface area contributed by atoms with Crippen molar-refractivity contribution in [1.82, 2.24) is 20.1 Å². The Morgan fingerprint density at radius 3 is 2.16 bits per heavy atom. The highest BCUT2D eigenvalue weighted by atomic mass is 16.2. The van der Waals surface area contributed by atoms with Crippen LogP contribution in [0.3, 0.4) is 0 Å². The van der Waals surface area contributed by atoms with Crippen LogP contribution in [0.5, 0.6) is 0 Å². The predicted octanol–water partition coefficient (Wildman–Crippen LogP) is 3.99. The van der Waals surface area contributed by atoms with Crippen LogP contribution < -0.4 is 5.32 Å². The fourth-order valence-corrected chi connectivity index (χ4v) is 5.31. The number of nitrogens with zero attached hydrogens (tertiary/aromatic N) is 3. The maximum atomic E-state index is 13.5. The van der Waals surface area contributed by atoms with Gasteiger partial charge in [-0.25, -0.2) is 0 Å². The number of rotatable bonds is 5. The summed E-state index contributed by atoms with van der Waals surface area (Å²) < 4.78 is 0. The summed E-state index contributed by atoms with van der Waals surface area (Å²) in [6.45, 7) is 6.17. The first-order valence-corrected chi connectivity index (χ1v) is 12.9. The molecule has 0 atom stereocenters. The van der Waals surface area contributed by atoms with Crippen molar-refractivity contribution in [2.24, 2.45) is 0 Å². The lowest BCUT2D eigenvalue weighted by Crippen LogP contribution is -2.44. The number of likely N-dealkylation sites (tertiary alicyclic amines) is 1. The minimum atomic E-state index is -0.238. The zero-order chi connectivity index (χ0) is 25.9. The van der Waals surface area contributed by atoms with Gasteiger partial charge in [-0.1, -0.05) is 42.5 Å². The molecule has 37 heavy (non-hydrogen) atoms. The molecule has 2 aliphatic rings. The van der Waals surface area contributed by atoms with Crippen LogP contribution in [0.2, 0.25) is 0 Å². The lowest BCUT2D eigenvalue weighted by molar-refractivity contribution is -0.131. The number of fused-ring (bicyclic) bond motifs is 1. The summed E-state index contributed by atoms with van der Waals surface area (Å²) in [7, 11) is 0. The molecule has 0 saturated carbocycles. The monoisotopic (exact) mass is 496 g/mol. The standard InChI is InChI=1S/C30H32N4O3/c1-20-7-3-6-10-25(20)29(36)31-17-27(35)33-15-13-22(14-16-33)28-26(12-11-21(2)32-28)30(37)34-18-23-8-4-5-9-24(23)19-34/h3-12,22H,13-19H2,1-2H3,(H,31,36). The Hall–Kier alpha value is -4.00. The molecular formula is C30H32N4O3. The topological polar surface area (TPSA) is 82.6 Å². The lowest BCUT2D eigenvalue weighted by Gasteiger charge is -2.33. The van der Waals surface area contributed by atoms with Gasteiger partial charge in [-0.15, -0.1) is 0 Å². The molecular weight excluding hydrogens is 464 g/mol. The number of hydrogen-bond acceptors (Lipinski definition) is 4. The van der Waals surface area contributed by atoms with Crippen LogP contribution in [0.1, 0.15) is 67.6 Å². The molecule has 0 radical (unpaired) electrons. The van der Waals surface area contributed by atoms with E-state index in [0.717, 1.165) is 29.8 Å². The van der Waals surface area contributed by atoms with E-state index in [-0.39, 0.29) is 30.2 Å². The molecule has 1 saturated heterocycles. The van der Waals surface area contributed by atoms with Crippen molar-refractivity contribution in [2.75, 3.05) is 19.6 Å². The first-order valence-electron chi connectivity index (χ1n) is 12.9. The van der Waals surface area contributed by atoms with E-state index in [9.17, 15) is 14.4 Å². The van der Waals surface area contributed by atoms with Crippen LogP contribution in [-0.2, 0) is 17.9 Å². The van der Waals surface area contributed by atoms with E-state index in [1.54, 1.807) is 11.0 Å². The van der Waals surface area contributed by atoms with Crippen LogP contribution in [0.4, 0.5) is 0 Å². The Labute approximate surface area is 217 Å². The van der Waals surface area contributed by atoms with Gasteiger partial charge in [0.05, 0.1) is 17.8 Å². The molecule has 190 valence electrons. The van der Waals surface area contributed by atoms with Gasteiger partial charge >= 0.3 is 0 Å².